The highest BCUT2D eigenvalue weighted by Crippen LogP contribution is 2.40. The lowest BCUT2D eigenvalue weighted by atomic mass is 10.0. The van der Waals surface area contributed by atoms with Gasteiger partial charge < -0.3 is 14.4 Å². The zero-order chi connectivity index (χ0) is 21.3. The van der Waals surface area contributed by atoms with Gasteiger partial charge in [-0.3, -0.25) is 4.79 Å². The topological polar surface area (TPSA) is 76.2 Å². The number of aromatic hydroxyl groups is 1. The van der Waals surface area contributed by atoms with Crippen LogP contribution < -0.4 is 4.74 Å². The van der Waals surface area contributed by atoms with Crippen LogP contribution in [0.15, 0.2) is 45.0 Å². The quantitative estimate of drug-likeness (QED) is 0.471. The van der Waals surface area contributed by atoms with E-state index in [-0.39, 0.29) is 18.2 Å². The molecule has 0 spiro atoms. The number of aryl methyl sites for hydroxylation is 3. The summed E-state index contributed by atoms with van der Waals surface area (Å²) < 4.78 is 8.15. The highest BCUT2D eigenvalue weighted by molar-refractivity contribution is 9.10. The molecule has 7 heteroatoms. The van der Waals surface area contributed by atoms with Crippen molar-refractivity contribution in [1.29, 1.82) is 0 Å². The molecule has 0 fully saturated rings. The number of aromatic nitrogens is 1. The van der Waals surface area contributed by atoms with Crippen LogP contribution >= 0.6 is 15.9 Å². The summed E-state index contributed by atoms with van der Waals surface area (Å²) in [6.45, 7) is 7.86. The zero-order valence-corrected chi connectivity index (χ0v) is 18.7. The molecule has 0 unspecified atom stereocenters. The molecule has 0 aliphatic rings. The summed E-state index contributed by atoms with van der Waals surface area (Å²) in [5.41, 5.74) is 4.17. The molecule has 1 heterocycles. The fraction of sp³-hybridized carbons (Fsp3) is 0.318. The SMILES string of the molecule is Cc1ccc(C(C)C)cc1OCC(=O)N=Nc1c(O)n(C)c2c(C)cc(Br)cc12. The number of hydrogen-bond acceptors (Lipinski definition) is 4. The molecule has 6 nitrogen and oxygen atoms in total. The second kappa shape index (κ2) is 8.37. The third kappa shape index (κ3) is 4.34. The van der Waals surface area contributed by atoms with Gasteiger partial charge in [0, 0.05) is 16.9 Å². The van der Waals surface area contributed by atoms with E-state index in [0.717, 1.165) is 32.1 Å². The highest BCUT2D eigenvalue weighted by Gasteiger charge is 2.17. The lowest BCUT2D eigenvalue weighted by molar-refractivity contribution is -0.120. The summed E-state index contributed by atoms with van der Waals surface area (Å²) in [7, 11) is 1.74. The van der Waals surface area contributed by atoms with Crippen molar-refractivity contribution in [3.05, 3.63) is 51.5 Å². The molecule has 3 aromatic rings. The van der Waals surface area contributed by atoms with Crippen LogP contribution in [-0.4, -0.2) is 22.2 Å². The number of halogens is 1. The molecule has 0 bridgehead atoms. The number of nitrogens with zero attached hydrogens (tertiary/aromatic N) is 3. The van der Waals surface area contributed by atoms with Crippen molar-refractivity contribution in [1.82, 2.24) is 4.57 Å². The maximum Gasteiger partial charge on any atom is 0.302 e. The predicted octanol–water partition coefficient (Wildman–Crippen LogP) is 6.08. The van der Waals surface area contributed by atoms with E-state index in [9.17, 15) is 9.90 Å². The van der Waals surface area contributed by atoms with Gasteiger partial charge in [0.2, 0.25) is 5.88 Å². The van der Waals surface area contributed by atoms with Crippen LogP contribution in [0.2, 0.25) is 0 Å². The summed E-state index contributed by atoms with van der Waals surface area (Å²) >= 11 is 3.45. The minimum Gasteiger partial charge on any atom is -0.493 e. The third-order valence-electron chi connectivity index (χ3n) is 4.88. The Kier molecular flexibility index (Phi) is 6.07. The fourth-order valence-corrected chi connectivity index (χ4v) is 3.82. The Morgan fingerprint density at radius 2 is 1.93 bits per heavy atom. The van der Waals surface area contributed by atoms with Crippen molar-refractivity contribution >= 4 is 38.4 Å². The highest BCUT2D eigenvalue weighted by atomic mass is 79.9. The van der Waals surface area contributed by atoms with Gasteiger partial charge in [0.15, 0.2) is 12.3 Å². The summed E-state index contributed by atoms with van der Waals surface area (Å²) in [4.78, 5) is 12.2. The number of ether oxygens (including phenoxy) is 1. The molecule has 0 saturated carbocycles. The first kappa shape index (κ1) is 21.0. The largest absolute Gasteiger partial charge is 0.493 e. The smallest absolute Gasteiger partial charge is 0.302 e. The summed E-state index contributed by atoms with van der Waals surface area (Å²) in [6.07, 6.45) is 0. The molecule has 0 aliphatic heterocycles. The molecule has 0 radical (unpaired) electrons. The molecule has 3 rings (SSSR count). The molecule has 0 atom stereocenters. The summed E-state index contributed by atoms with van der Waals surface area (Å²) in [6, 6.07) is 9.78. The van der Waals surface area contributed by atoms with E-state index in [4.69, 9.17) is 4.74 Å². The molecule has 1 aromatic heterocycles. The van der Waals surface area contributed by atoms with Crippen LogP contribution in [0.1, 0.15) is 36.5 Å². The van der Waals surface area contributed by atoms with Crippen molar-refractivity contribution in [2.45, 2.75) is 33.6 Å². The van der Waals surface area contributed by atoms with E-state index in [1.807, 2.05) is 38.1 Å². The second-order valence-electron chi connectivity index (χ2n) is 7.41. The lowest BCUT2D eigenvalue weighted by Crippen LogP contribution is -2.09. The summed E-state index contributed by atoms with van der Waals surface area (Å²) in [5.74, 6) is 0.458. The van der Waals surface area contributed by atoms with Gasteiger partial charge >= 0.3 is 5.91 Å². The second-order valence-corrected chi connectivity index (χ2v) is 8.33. The van der Waals surface area contributed by atoms with Crippen LogP contribution in [0.25, 0.3) is 10.9 Å². The van der Waals surface area contributed by atoms with Gasteiger partial charge in [0.25, 0.3) is 0 Å². The van der Waals surface area contributed by atoms with Crippen molar-refractivity contribution in [2.24, 2.45) is 17.3 Å². The minimum atomic E-state index is -0.525. The maximum absolute atomic E-state index is 12.2. The third-order valence-corrected chi connectivity index (χ3v) is 5.33. The van der Waals surface area contributed by atoms with E-state index < -0.39 is 5.91 Å². The minimum absolute atomic E-state index is 0.0425. The van der Waals surface area contributed by atoms with Crippen LogP contribution in [-0.2, 0) is 11.8 Å². The molecule has 29 heavy (non-hydrogen) atoms. The maximum atomic E-state index is 12.2. The van der Waals surface area contributed by atoms with Crippen molar-refractivity contribution in [3.63, 3.8) is 0 Å². The van der Waals surface area contributed by atoms with Gasteiger partial charge in [0.05, 0.1) is 5.52 Å². The number of carbonyl (C=O) groups is 1. The first-order chi connectivity index (χ1) is 13.7. The molecule has 1 N–H and O–H groups in total. The Balaban J connectivity index is 1.80. The number of benzene rings is 2. The zero-order valence-electron chi connectivity index (χ0n) is 17.2. The van der Waals surface area contributed by atoms with E-state index >= 15 is 0 Å². The molecule has 152 valence electrons. The first-order valence-electron chi connectivity index (χ1n) is 9.34. The lowest BCUT2D eigenvalue weighted by Gasteiger charge is -2.11. The monoisotopic (exact) mass is 457 g/mol. The van der Waals surface area contributed by atoms with Gasteiger partial charge in [-0.05, 0) is 54.7 Å². The molecule has 2 aromatic carbocycles. The van der Waals surface area contributed by atoms with Crippen molar-refractivity contribution in [2.75, 3.05) is 6.61 Å². The fourth-order valence-electron chi connectivity index (χ4n) is 3.25. The average Bonchev–Trinajstić information content (AvgIpc) is 2.89. The van der Waals surface area contributed by atoms with Gasteiger partial charge in [0.1, 0.15) is 5.75 Å². The van der Waals surface area contributed by atoms with Gasteiger partial charge in [-0.25, -0.2) is 0 Å². The van der Waals surface area contributed by atoms with E-state index in [0.29, 0.717) is 11.7 Å². The number of carbonyl (C=O) groups excluding carboxylic acids is 1. The van der Waals surface area contributed by atoms with Crippen LogP contribution in [0, 0.1) is 13.8 Å². The molecule has 0 aliphatic carbocycles. The predicted molar refractivity (Wildman–Crippen MR) is 117 cm³/mol. The van der Waals surface area contributed by atoms with Gasteiger partial charge in [-0.2, -0.15) is 0 Å². The molecular weight excluding hydrogens is 434 g/mol. The standard InChI is InChI=1S/C22H24BrN3O3/c1-12(2)15-7-6-13(3)18(9-15)29-11-19(27)24-25-20-17-10-16(23)8-14(4)21(17)26(5)22(20)28/h6-10,12,28H,11H2,1-5H3. The number of amides is 1. The molecule has 0 saturated heterocycles. The van der Waals surface area contributed by atoms with Gasteiger partial charge in [-0.1, -0.05) is 41.9 Å². The first-order valence-corrected chi connectivity index (χ1v) is 10.1. The Morgan fingerprint density at radius 1 is 1.21 bits per heavy atom. The Bertz CT molecular complexity index is 1120. The normalized spacial score (nSPS) is 11.7. The Labute approximate surface area is 178 Å². The van der Waals surface area contributed by atoms with E-state index in [1.54, 1.807) is 11.6 Å². The van der Waals surface area contributed by atoms with Crippen LogP contribution in [0.4, 0.5) is 5.69 Å². The number of hydrogen-bond donors (Lipinski definition) is 1. The Hall–Kier alpha value is -2.67. The molecular formula is C22H24BrN3O3. The van der Waals surface area contributed by atoms with E-state index in [1.165, 1.54) is 0 Å². The van der Waals surface area contributed by atoms with Crippen molar-refractivity contribution < 1.29 is 14.6 Å². The number of rotatable bonds is 5. The Morgan fingerprint density at radius 3 is 2.62 bits per heavy atom. The van der Waals surface area contributed by atoms with Crippen LogP contribution in [0.5, 0.6) is 11.6 Å². The van der Waals surface area contributed by atoms with E-state index in [2.05, 4.69) is 46.1 Å². The summed E-state index contributed by atoms with van der Waals surface area (Å²) in [5, 5.41) is 18.9. The molecule has 1 amide bonds. The number of azo groups is 1. The van der Waals surface area contributed by atoms with Crippen molar-refractivity contribution in [3.8, 4) is 11.6 Å². The average molecular weight is 458 g/mol. The van der Waals surface area contributed by atoms with Crippen LogP contribution in [0.3, 0.4) is 0 Å². The number of fused-ring (bicyclic) bond motifs is 1. The van der Waals surface area contributed by atoms with Gasteiger partial charge in [-0.15, -0.1) is 10.2 Å².